The third-order valence-electron chi connectivity index (χ3n) is 2.44. The Kier molecular flexibility index (Phi) is 4.55. The molecule has 5 nitrogen and oxygen atoms in total. The van der Waals surface area contributed by atoms with Crippen molar-refractivity contribution in [3.05, 3.63) is 24.1 Å². The Balaban J connectivity index is 1.83. The summed E-state index contributed by atoms with van der Waals surface area (Å²) in [6, 6.07) is 5.48. The highest BCUT2D eigenvalue weighted by Gasteiger charge is 2.07. The number of fused-ring (bicyclic) bond motifs is 1. The summed E-state index contributed by atoms with van der Waals surface area (Å²) in [7, 11) is 0. The molecule has 2 rings (SSSR count). The minimum atomic E-state index is 0.337. The van der Waals surface area contributed by atoms with Crippen molar-refractivity contribution in [1.82, 2.24) is 4.98 Å². The first-order chi connectivity index (χ1) is 8.81. The number of ether oxygens (including phenoxy) is 2. The fourth-order valence-electron chi connectivity index (χ4n) is 1.60. The number of aromatic nitrogens is 1. The monoisotopic (exact) mass is 250 g/mol. The van der Waals surface area contributed by atoms with Crippen LogP contribution in [0.25, 0.3) is 11.1 Å². The molecule has 0 bridgehead atoms. The number of anilines is 1. The number of para-hydroxylation sites is 1. The van der Waals surface area contributed by atoms with Crippen LogP contribution in [0.15, 0.2) is 22.6 Å². The molecule has 0 radical (unpaired) electrons. The third-order valence-corrected chi connectivity index (χ3v) is 2.44. The van der Waals surface area contributed by atoms with Crippen LogP contribution in [0, 0.1) is 0 Å². The molecule has 0 saturated carbocycles. The minimum Gasteiger partial charge on any atom is -0.438 e. The van der Waals surface area contributed by atoms with Crippen molar-refractivity contribution < 1.29 is 13.9 Å². The lowest BCUT2D eigenvalue weighted by molar-refractivity contribution is 0.0339. The molecule has 0 atom stereocenters. The quantitative estimate of drug-likeness (QED) is 0.603. The van der Waals surface area contributed by atoms with Crippen molar-refractivity contribution in [3.63, 3.8) is 0 Å². The van der Waals surface area contributed by atoms with Crippen LogP contribution in [0.2, 0.25) is 0 Å². The van der Waals surface area contributed by atoms with Crippen LogP contribution in [0.1, 0.15) is 19.2 Å². The summed E-state index contributed by atoms with van der Waals surface area (Å²) >= 11 is 0. The zero-order chi connectivity index (χ0) is 12.8. The number of nitrogens with zero attached hydrogens (tertiary/aromatic N) is 1. The van der Waals surface area contributed by atoms with E-state index >= 15 is 0 Å². The number of nitrogen functional groups attached to an aromatic ring is 1. The molecular weight excluding hydrogens is 232 g/mol. The smallest absolute Gasteiger partial charge is 0.221 e. The Morgan fingerprint density at radius 1 is 1.22 bits per heavy atom. The van der Waals surface area contributed by atoms with E-state index in [1.807, 2.05) is 12.1 Å². The average molecular weight is 250 g/mol. The summed E-state index contributed by atoms with van der Waals surface area (Å²) in [6.07, 6.45) is 1.02. The van der Waals surface area contributed by atoms with E-state index in [0.717, 1.165) is 13.0 Å². The summed E-state index contributed by atoms with van der Waals surface area (Å²) in [6.45, 7) is 4.31. The Morgan fingerprint density at radius 2 is 2.06 bits per heavy atom. The zero-order valence-corrected chi connectivity index (χ0v) is 10.5. The molecule has 18 heavy (non-hydrogen) atoms. The summed E-state index contributed by atoms with van der Waals surface area (Å²) in [5, 5.41) is 0. The molecule has 0 fully saturated rings. The lowest BCUT2D eigenvalue weighted by Crippen LogP contribution is -2.04. The van der Waals surface area contributed by atoms with Crippen molar-refractivity contribution in [1.29, 1.82) is 0 Å². The van der Waals surface area contributed by atoms with Gasteiger partial charge in [0.2, 0.25) is 5.89 Å². The van der Waals surface area contributed by atoms with Gasteiger partial charge in [-0.15, -0.1) is 0 Å². The van der Waals surface area contributed by atoms with E-state index in [1.165, 1.54) is 0 Å². The van der Waals surface area contributed by atoms with Crippen molar-refractivity contribution in [2.75, 3.05) is 25.6 Å². The molecule has 0 spiro atoms. The highest BCUT2D eigenvalue weighted by Crippen LogP contribution is 2.21. The lowest BCUT2D eigenvalue weighted by Gasteiger charge is -2.02. The van der Waals surface area contributed by atoms with E-state index in [0.29, 0.717) is 42.5 Å². The van der Waals surface area contributed by atoms with Crippen LogP contribution in [0.3, 0.4) is 0 Å². The van der Waals surface area contributed by atoms with E-state index in [1.54, 1.807) is 6.07 Å². The highest BCUT2D eigenvalue weighted by atomic mass is 16.5. The van der Waals surface area contributed by atoms with Crippen LogP contribution in [-0.4, -0.2) is 24.8 Å². The van der Waals surface area contributed by atoms with Crippen molar-refractivity contribution >= 4 is 16.8 Å². The van der Waals surface area contributed by atoms with Gasteiger partial charge in [0.25, 0.3) is 0 Å². The van der Waals surface area contributed by atoms with Crippen LogP contribution in [-0.2, 0) is 16.1 Å². The molecule has 0 aliphatic carbocycles. The third kappa shape index (κ3) is 3.21. The van der Waals surface area contributed by atoms with E-state index in [9.17, 15) is 0 Å². The SMILES string of the molecule is CCCOCCOCc1nc2c(N)cccc2o1. The Hall–Kier alpha value is -1.59. The van der Waals surface area contributed by atoms with Gasteiger partial charge in [0.05, 0.1) is 18.9 Å². The number of benzene rings is 1. The minimum absolute atomic E-state index is 0.337. The zero-order valence-electron chi connectivity index (χ0n) is 10.5. The standard InChI is InChI=1S/C13H18N2O3/c1-2-6-16-7-8-17-9-12-15-13-10(14)4-3-5-11(13)18-12/h3-5H,2,6-9,14H2,1H3. The normalized spacial score (nSPS) is 11.2. The Labute approximate surface area is 106 Å². The fraction of sp³-hybridized carbons (Fsp3) is 0.462. The molecular formula is C13H18N2O3. The number of nitrogens with two attached hydrogens (primary N) is 1. The van der Waals surface area contributed by atoms with E-state index in [4.69, 9.17) is 19.6 Å². The van der Waals surface area contributed by atoms with Gasteiger partial charge in [-0.3, -0.25) is 0 Å². The van der Waals surface area contributed by atoms with Gasteiger partial charge in [0.15, 0.2) is 5.58 Å². The second-order valence-electron chi connectivity index (χ2n) is 3.97. The van der Waals surface area contributed by atoms with Crippen LogP contribution < -0.4 is 5.73 Å². The van der Waals surface area contributed by atoms with Gasteiger partial charge in [-0.25, -0.2) is 4.98 Å². The second kappa shape index (κ2) is 6.37. The summed E-state index contributed by atoms with van der Waals surface area (Å²) < 4.78 is 16.2. The summed E-state index contributed by atoms with van der Waals surface area (Å²) in [4.78, 5) is 4.29. The Bertz CT molecular complexity index is 496. The maximum absolute atomic E-state index is 5.80. The molecule has 98 valence electrons. The number of hydrogen-bond acceptors (Lipinski definition) is 5. The molecule has 2 N–H and O–H groups in total. The van der Waals surface area contributed by atoms with Gasteiger partial charge in [-0.05, 0) is 18.6 Å². The first-order valence-electron chi connectivity index (χ1n) is 6.10. The molecule has 0 saturated heterocycles. The van der Waals surface area contributed by atoms with Gasteiger partial charge in [0.1, 0.15) is 12.1 Å². The molecule has 0 aliphatic rings. The van der Waals surface area contributed by atoms with Crippen molar-refractivity contribution in [3.8, 4) is 0 Å². The molecule has 0 amide bonds. The molecule has 1 aromatic carbocycles. The van der Waals surface area contributed by atoms with Crippen LogP contribution in [0.5, 0.6) is 0 Å². The van der Waals surface area contributed by atoms with Crippen molar-refractivity contribution in [2.45, 2.75) is 20.0 Å². The maximum Gasteiger partial charge on any atom is 0.221 e. The van der Waals surface area contributed by atoms with E-state index < -0.39 is 0 Å². The molecule has 0 aliphatic heterocycles. The van der Waals surface area contributed by atoms with Gasteiger partial charge in [-0.1, -0.05) is 13.0 Å². The van der Waals surface area contributed by atoms with Crippen LogP contribution >= 0.6 is 0 Å². The Morgan fingerprint density at radius 3 is 2.83 bits per heavy atom. The number of oxazole rings is 1. The van der Waals surface area contributed by atoms with Gasteiger partial charge < -0.3 is 19.6 Å². The first kappa shape index (κ1) is 12.9. The largest absolute Gasteiger partial charge is 0.438 e. The molecule has 1 heterocycles. The molecule has 2 aromatic rings. The summed E-state index contributed by atoms with van der Waals surface area (Å²) in [5.74, 6) is 0.540. The second-order valence-corrected chi connectivity index (χ2v) is 3.97. The van der Waals surface area contributed by atoms with E-state index in [-0.39, 0.29) is 0 Å². The topological polar surface area (TPSA) is 70.5 Å². The fourth-order valence-corrected chi connectivity index (χ4v) is 1.60. The predicted octanol–water partition coefficient (Wildman–Crippen LogP) is 2.35. The van der Waals surface area contributed by atoms with Crippen molar-refractivity contribution in [2.24, 2.45) is 0 Å². The van der Waals surface area contributed by atoms with E-state index in [2.05, 4.69) is 11.9 Å². The molecule has 0 unspecified atom stereocenters. The lowest BCUT2D eigenvalue weighted by atomic mass is 10.3. The summed E-state index contributed by atoms with van der Waals surface area (Å²) in [5.41, 5.74) is 7.80. The predicted molar refractivity (Wildman–Crippen MR) is 69.2 cm³/mol. The number of hydrogen-bond donors (Lipinski definition) is 1. The first-order valence-corrected chi connectivity index (χ1v) is 6.10. The number of rotatable bonds is 7. The van der Waals surface area contributed by atoms with Gasteiger partial charge in [-0.2, -0.15) is 0 Å². The maximum atomic E-state index is 5.80. The van der Waals surface area contributed by atoms with Gasteiger partial charge in [0, 0.05) is 6.61 Å². The highest BCUT2D eigenvalue weighted by molar-refractivity contribution is 5.85. The molecule has 1 aromatic heterocycles. The average Bonchev–Trinajstić information content (AvgIpc) is 2.78. The van der Waals surface area contributed by atoms with Gasteiger partial charge >= 0.3 is 0 Å². The van der Waals surface area contributed by atoms with Crippen LogP contribution in [0.4, 0.5) is 5.69 Å². The molecule has 5 heteroatoms.